The molecule has 5 heteroatoms. The molecule has 1 fully saturated rings. The van der Waals surface area contributed by atoms with Gasteiger partial charge in [-0.05, 0) is 55.2 Å². The van der Waals surface area contributed by atoms with Crippen molar-refractivity contribution in [1.82, 2.24) is 5.32 Å². The van der Waals surface area contributed by atoms with Crippen LogP contribution in [0, 0.1) is 6.92 Å². The smallest absolute Gasteiger partial charge is 0.258 e. The van der Waals surface area contributed by atoms with Crippen LogP contribution in [0.15, 0.2) is 30.3 Å². The Morgan fingerprint density at radius 3 is 2.62 bits per heavy atom. The maximum atomic E-state index is 12.1. The number of hydrogen-bond donors (Lipinski definition) is 2. The van der Waals surface area contributed by atoms with Crippen molar-refractivity contribution in [2.45, 2.75) is 25.8 Å². The van der Waals surface area contributed by atoms with Crippen LogP contribution < -0.4 is 11.1 Å². The van der Waals surface area contributed by atoms with Gasteiger partial charge in [0.05, 0.1) is 4.88 Å². The zero-order valence-corrected chi connectivity index (χ0v) is 12.5. The van der Waals surface area contributed by atoms with Gasteiger partial charge in [0.15, 0.2) is 0 Å². The van der Waals surface area contributed by atoms with E-state index >= 15 is 0 Å². The van der Waals surface area contributed by atoms with Gasteiger partial charge < -0.3 is 11.1 Å². The average Bonchev–Trinajstić information content (AvgIpc) is 3.12. The predicted molar refractivity (Wildman–Crippen MR) is 83.5 cm³/mol. The van der Waals surface area contributed by atoms with Gasteiger partial charge in [-0.15, -0.1) is 11.3 Å². The monoisotopic (exact) mass is 300 g/mol. The van der Waals surface area contributed by atoms with Crippen LogP contribution in [-0.4, -0.2) is 17.9 Å². The summed E-state index contributed by atoms with van der Waals surface area (Å²) in [6.45, 7) is 1.99. The van der Waals surface area contributed by atoms with Crippen LogP contribution in [0.1, 0.15) is 38.4 Å². The molecule has 1 aliphatic rings. The first-order valence-electron chi connectivity index (χ1n) is 6.86. The molecule has 2 aromatic rings. The van der Waals surface area contributed by atoms with Crippen molar-refractivity contribution in [2.75, 3.05) is 0 Å². The first kappa shape index (κ1) is 13.8. The summed E-state index contributed by atoms with van der Waals surface area (Å²) >= 11 is 1.35. The highest BCUT2D eigenvalue weighted by molar-refractivity contribution is 7.17. The Kier molecular flexibility index (Phi) is 3.51. The molecule has 2 amide bonds. The molecule has 0 radical (unpaired) electrons. The van der Waals surface area contributed by atoms with Gasteiger partial charge in [-0.25, -0.2) is 0 Å². The molecule has 3 rings (SSSR count). The lowest BCUT2D eigenvalue weighted by Crippen LogP contribution is -2.25. The third-order valence-electron chi connectivity index (χ3n) is 3.53. The summed E-state index contributed by atoms with van der Waals surface area (Å²) < 4.78 is 0. The predicted octanol–water partition coefficient (Wildman–Crippen LogP) is 2.71. The minimum atomic E-state index is -0.425. The Bertz CT molecular complexity index is 717. The van der Waals surface area contributed by atoms with Gasteiger partial charge in [-0.2, -0.15) is 0 Å². The number of nitrogens with two attached hydrogens (primary N) is 1. The molecule has 0 atom stereocenters. The van der Waals surface area contributed by atoms with E-state index in [2.05, 4.69) is 5.32 Å². The molecule has 0 aliphatic heterocycles. The minimum absolute atomic E-state index is 0.0366. The second-order valence-corrected chi connectivity index (χ2v) is 6.39. The number of carbonyl (C=O) groups is 2. The number of nitrogens with one attached hydrogen (secondary N) is 1. The van der Waals surface area contributed by atoms with E-state index in [0.717, 1.165) is 28.8 Å². The van der Waals surface area contributed by atoms with Gasteiger partial charge in [0.2, 0.25) is 0 Å². The normalized spacial score (nSPS) is 14.0. The van der Waals surface area contributed by atoms with E-state index in [1.807, 2.05) is 31.2 Å². The Morgan fingerprint density at radius 2 is 2.00 bits per heavy atom. The Balaban J connectivity index is 1.92. The molecule has 1 aliphatic carbocycles. The third-order valence-corrected chi connectivity index (χ3v) is 4.66. The number of hydrogen-bond acceptors (Lipinski definition) is 3. The van der Waals surface area contributed by atoms with E-state index in [-0.39, 0.29) is 5.91 Å². The van der Waals surface area contributed by atoms with Gasteiger partial charge in [-0.1, -0.05) is 6.07 Å². The fourth-order valence-electron chi connectivity index (χ4n) is 2.14. The van der Waals surface area contributed by atoms with Crippen LogP contribution >= 0.6 is 11.3 Å². The molecular weight excluding hydrogens is 284 g/mol. The summed E-state index contributed by atoms with van der Waals surface area (Å²) in [7, 11) is 0. The topological polar surface area (TPSA) is 72.2 Å². The van der Waals surface area contributed by atoms with E-state index < -0.39 is 5.91 Å². The van der Waals surface area contributed by atoms with E-state index in [0.29, 0.717) is 16.5 Å². The van der Waals surface area contributed by atoms with Gasteiger partial charge in [0.25, 0.3) is 11.8 Å². The maximum Gasteiger partial charge on any atom is 0.258 e. The molecule has 1 aromatic heterocycles. The minimum Gasteiger partial charge on any atom is -0.365 e. The molecular formula is C16H16N2O2S. The van der Waals surface area contributed by atoms with Crippen LogP contribution in [-0.2, 0) is 0 Å². The lowest BCUT2D eigenvalue weighted by molar-refractivity contribution is 0.0950. The fraction of sp³-hybridized carbons (Fsp3) is 0.250. The Hall–Kier alpha value is -2.14. The molecule has 1 heterocycles. The lowest BCUT2D eigenvalue weighted by atomic mass is 10.0. The molecule has 0 spiro atoms. The molecule has 0 saturated heterocycles. The number of carbonyl (C=O) groups excluding carboxylic acids is 2. The largest absolute Gasteiger partial charge is 0.365 e. The summed E-state index contributed by atoms with van der Waals surface area (Å²) in [5.41, 5.74) is 7.97. The number of thiophene rings is 1. The molecule has 3 N–H and O–H groups in total. The quantitative estimate of drug-likeness (QED) is 0.911. The highest BCUT2D eigenvalue weighted by Crippen LogP contribution is 2.31. The fourth-order valence-corrected chi connectivity index (χ4v) is 3.08. The zero-order chi connectivity index (χ0) is 15.0. The molecule has 0 unspecified atom stereocenters. The lowest BCUT2D eigenvalue weighted by Gasteiger charge is -2.08. The van der Waals surface area contributed by atoms with Crippen LogP contribution in [0.5, 0.6) is 0 Å². The summed E-state index contributed by atoms with van der Waals surface area (Å²) in [6.07, 6.45) is 2.13. The third kappa shape index (κ3) is 2.97. The summed E-state index contributed by atoms with van der Waals surface area (Å²) in [4.78, 5) is 24.8. The summed E-state index contributed by atoms with van der Waals surface area (Å²) in [5.74, 6) is -0.461. The van der Waals surface area contributed by atoms with Gasteiger partial charge in [-0.3, -0.25) is 9.59 Å². The van der Waals surface area contributed by atoms with Crippen LogP contribution in [0.3, 0.4) is 0 Å². The van der Waals surface area contributed by atoms with Gasteiger partial charge >= 0.3 is 0 Å². The van der Waals surface area contributed by atoms with Crippen LogP contribution in [0.2, 0.25) is 0 Å². The van der Waals surface area contributed by atoms with E-state index in [1.54, 1.807) is 6.07 Å². The van der Waals surface area contributed by atoms with Crippen LogP contribution in [0.4, 0.5) is 0 Å². The first-order valence-corrected chi connectivity index (χ1v) is 7.68. The van der Waals surface area contributed by atoms with Gasteiger partial charge in [0, 0.05) is 16.5 Å². The van der Waals surface area contributed by atoms with Crippen molar-refractivity contribution >= 4 is 23.2 Å². The number of aryl methyl sites for hydroxylation is 1. The summed E-state index contributed by atoms with van der Waals surface area (Å²) in [6, 6.07) is 9.57. The number of rotatable bonds is 4. The Labute approximate surface area is 127 Å². The molecule has 21 heavy (non-hydrogen) atoms. The first-order chi connectivity index (χ1) is 10.0. The highest BCUT2D eigenvalue weighted by Gasteiger charge is 2.24. The second-order valence-electron chi connectivity index (χ2n) is 5.31. The molecule has 108 valence electrons. The van der Waals surface area contributed by atoms with E-state index in [4.69, 9.17) is 5.73 Å². The summed E-state index contributed by atoms with van der Waals surface area (Å²) in [5, 5.41) is 2.98. The standard InChI is InChI=1S/C16H16N2O2S/c1-9-2-3-10(16(20)18-11-4-5-11)8-12(9)13-6-7-14(21-13)15(17)19/h2-3,6-8,11H,4-5H2,1H3,(H2,17,19)(H,18,20). The molecule has 1 aromatic carbocycles. The van der Waals surface area contributed by atoms with Crippen molar-refractivity contribution in [3.63, 3.8) is 0 Å². The SMILES string of the molecule is Cc1ccc(C(=O)NC2CC2)cc1-c1ccc(C(N)=O)s1. The Morgan fingerprint density at radius 1 is 1.24 bits per heavy atom. The number of benzene rings is 1. The number of amides is 2. The number of primary amides is 1. The maximum absolute atomic E-state index is 12.1. The van der Waals surface area contributed by atoms with Crippen LogP contribution in [0.25, 0.3) is 10.4 Å². The van der Waals surface area contributed by atoms with Crippen molar-refractivity contribution in [1.29, 1.82) is 0 Å². The van der Waals surface area contributed by atoms with Crippen molar-refractivity contribution in [3.8, 4) is 10.4 Å². The van der Waals surface area contributed by atoms with E-state index in [1.165, 1.54) is 11.3 Å². The van der Waals surface area contributed by atoms with Crippen molar-refractivity contribution in [2.24, 2.45) is 5.73 Å². The molecule has 4 nitrogen and oxygen atoms in total. The zero-order valence-electron chi connectivity index (χ0n) is 11.7. The average molecular weight is 300 g/mol. The molecule has 0 bridgehead atoms. The van der Waals surface area contributed by atoms with Crippen molar-refractivity contribution < 1.29 is 9.59 Å². The van der Waals surface area contributed by atoms with Gasteiger partial charge in [0.1, 0.15) is 0 Å². The van der Waals surface area contributed by atoms with E-state index in [9.17, 15) is 9.59 Å². The van der Waals surface area contributed by atoms with Crippen molar-refractivity contribution in [3.05, 3.63) is 46.3 Å². The highest BCUT2D eigenvalue weighted by atomic mass is 32.1. The second kappa shape index (κ2) is 5.33. The molecule has 1 saturated carbocycles.